The van der Waals surface area contributed by atoms with Gasteiger partial charge in [0, 0.05) is 0 Å². The van der Waals surface area contributed by atoms with Crippen molar-refractivity contribution in [1.82, 2.24) is 0 Å². The van der Waals surface area contributed by atoms with Crippen LogP contribution in [0.4, 0.5) is 0 Å². The van der Waals surface area contributed by atoms with Crippen LogP contribution in [0.2, 0.25) is 0 Å². The van der Waals surface area contributed by atoms with E-state index in [9.17, 15) is 19.8 Å². The molecule has 36 heavy (non-hydrogen) atoms. The Hall–Kier alpha value is -1.32. The molecule has 0 bridgehead atoms. The van der Waals surface area contributed by atoms with Gasteiger partial charge in [-0.1, -0.05) is 72.5 Å². The predicted octanol–water partition coefficient (Wildman–Crippen LogP) is 8.21. The largest absolute Gasteiger partial charge is 0.481 e. The standard InChI is InChI=1S/C32H52O4/c1-20(2)8-7-9-21(3)31(5)16-14-27-24-11-10-23-18-22(25(29(35)36)19-28(33)34)12-15-30(23,4)26(24)13-17-32(27,31)6/h10,20-22,24-27H,7-9,11-19H2,1-6H3,(H,33,34)(H,35,36)/t21-,22?,24?,25?,26?,27?,30?,31?,32?/m1/s1. The van der Waals surface area contributed by atoms with E-state index in [1.807, 2.05) is 0 Å². The van der Waals surface area contributed by atoms with Crippen LogP contribution in [-0.4, -0.2) is 22.2 Å². The molecule has 0 aliphatic heterocycles. The van der Waals surface area contributed by atoms with Crippen molar-refractivity contribution in [3.8, 4) is 0 Å². The summed E-state index contributed by atoms with van der Waals surface area (Å²) in [5.41, 5.74) is 2.45. The first-order chi connectivity index (χ1) is 16.8. The van der Waals surface area contributed by atoms with Crippen molar-refractivity contribution in [1.29, 1.82) is 0 Å². The van der Waals surface area contributed by atoms with Gasteiger partial charge in [0.2, 0.25) is 0 Å². The Morgan fingerprint density at radius 3 is 2.31 bits per heavy atom. The minimum Gasteiger partial charge on any atom is -0.481 e. The Morgan fingerprint density at radius 1 is 0.972 bits per heavy atom. The van der Waals surface area contributed by atoms with Gasteiger partial charge in [-0.3, -0.25) is 9.59 Å². The smallest absolute Gasteiger partial charge is 0.307 e. The van der Waals surface area contributed by atoms with Crippen LogP contribution in [0.15, 0.2) is 11.6 Å². The molecule has 4 aliphatic rings. The molecule has 4 nitrogen and oxygen atoms in total. The number of hydrogen-bond donors (Lipinski definition) is 2. The van der Waals surface area contributed by atoms with Gasteiger partial charge in [-0.15, -0.1) is 0 Å². The summed E-state index contributed by atoms with van der Waals surface area (Å²) >= 11 is 0. The molecule has 0 saturated heterocycles. The number of allylic oxidation sites excluding steroid dienone is 2. The fourth-order valence-electron chi connectivity index (χ4n) is 9.94. The van der Waals surface area contributed by atoms with E-state index in [0.29, 0.717) is 16.7 Å². The molecule has 3 fully saturated rings. The lowest BCUT2D eigenvalue weighted by Gasteiger charge is -2.60. The molecule has 3 saturated carbocycles. The molecule has 0 aromatic rings. The topological polar surface area (TPSA) is 74.6 Å². The lowest BCUT2D eigenvalue weighted by atomic mass is 9.44. The van der Waals surface area contributed by atoms with Crippen molar-refractivity contribution in [3.63, 3.8) is 0 Å². The third-order valence-corrected chi connectivity index (χ3v) is 12.6. The highest BCUT2D eigenvalue weighted by atomic mass is 16.4. The number of carboxylic acid groups (broad SMARTS) is 2. The van der Waals surface area contributed by atoms with Gasteiger partial charge in [-0.2, -0.15) is 0 Å². The quantitative estimate of drug-likeness (QED) is 0.313. The van der Waals surface area contributed by atoms with E-state index in [4.69, 9.17) is 0 Å². The van der Waals surface area contributed by atoms with E-state index in [0.717, 1.165) is 49.4 Å². The van der Waals surface area contributed by atoms with Crippen LogP contribution in [0.25, 0.3) is 0 Å². The van der Waals surface area contributed by atoms with Crippen molar-refractivity contribution < 1.29 is 19.8 Å². The Bertz CT molecular complexity index is 875. The molecule has 0 radical (unpaired) electrons. The SMILES string of the molecule is CC(C)CCC[C@@H](C)C1(C)CCC2C3CC=C4CC(C(CC(=O)O)C(=O)O)CCC4(C)C3CCC21C. The van der Waals surface area contributed by atoms with E-state index in [2.05, 4.69) is 47.6 Å². The van der Waals surface area contributed by atoms with Crippen molar-refractivity contribution in [3.05, 3.63) is 11.6 Å². The Labute approximate surface area is 219 Å². The Balaban J connectivity index is 1.51. The molecule has 8 unspecified atom stereocenters. The van der Waals surface area contributed by atoms with Crippen LogP contribution in [0.5, 0.6) is 0 Å². The maximum absolute atomic E-state index is 11.9. The molecular formula is C32H52O4. The third kappa shape index (κ3) is 4.57. The average molecular weight is 501 g/mol. The zero-order chi connectivity index (χ0) is 26.5. The van der Waals surface area contributed by atoms with Gasteiger partial charge in [-0.05, 0) is 103 Å². The summed E-state index contributed by atoms with van der Waals surface area (Å²) in [6.45, 7) is 14.9. The Morgan fingerprint density at radius 2 is 1.67 bits per heavy atom. The van der Waals surface area contributed by atoms with Crippen LogP contribution in [0.1, 0.15) is 119 Å². The van der Waals surface area contributed by atoms with Gasteiger partial charge in [0.05, 0.1) is 12.3 Å². The van der Waals surface area contributed by atoms with Gasteiger partial charge in [-0.25, -0.2) is 0 Å². The number of fused-ring (bicyclic) bond motifs is 5. The summed E-state index contributed by atoms with van der Waals surface area (Å²) < 4.78 is 0. The van der Waals surface area contributed by atoms with Gasteiger partial charge < -0.3 is 10.2 Å². The van der Waals surface area contributed by atoms with Gasteiger partial charge >= 0.3 is 11.9 Å². The lowest BCUT2D eigenvalue weighted by molar-refractivity contribution is -0.151. The molecule has 4 aliphatic carbocycles. The molecule has 4 rings (SSSR count). The molecule has 0 amide bonds. The van der Waals surface area contributed by atoms with E-state index >= 15 is 0 Å². The zero-order valence-electron chi connectivity index (χ0n) is 23.8. The summed E-state index contributed by atoms with van der Waals surface area (Å²) in [5.74, 6) is 1.03. The first kappa shape index (κ1) is 27.7. The second-order valence-corrected chi connectivity index (χ2v) is 14.4. The summed E-state index contributed by atoms with van der Waals surface area (Å²) in [7, 11) is 0. The molecule has 0 heterocycles. The third-order valence-electron chi connectivity index (χ3n) is 12.6. The lowest BCUT2D eigenvalue weighted by Crippen LogP contribution is -2.53. The first-order valence-electron chi connectivity index (χ1n) is 15.0. The second-order valence-electron chi connectivity index (χ2n) is 14.4. The fourth-order valence-corrected chi connectivity index (χ4v) is 9.94. The molecular weight excluding hydrogens is 448 g/mol. The minimum absolute atomic E-state index is 0.0511. The van der Waals surface area contributed by atoms with Gasteiger partial charge in [0.25, 0.3) is 0 Å². The second kappa shape index (κ2) is 10.1. The van der Waals surface area contributed by atoms with Crippen molar-refractivity contribution in [2.45, 2.75) is 119 Å². The number of carbonyl (C=O) groups is 2. The Kier molecular flexibility index (Phi) is 7.77. The normalized spacial score (nSPS) is 41.6. The average Bonchev–Trinajstić information content (AvgIpc) is 3.08. The number of aliphatic carboxylic acids is 2. The minimum atomic E-state index is -0.997. The van der Waals surface area contributed by atoms with E-state index in [1.54, 1.807) is 0 Å². The molecule has 0 spiro atoms. The van der Waals surface area contributed by atoms with Crippen LogP contribution in [0, 0.1) is 57.7 Å². The maximum atomic E-state index is 11.9. The summed E-state index contributed by atoms with van der Waals surface area (Å²) in [6, 6.07) is 0. The van der Waals surface area contributed by atoms with Gasteiger partial charge in [0.15, 0.2) is 0 Å². The maximum Gasteiger partial charge on any atom is 0.307 e. The number of carboxylic acids is 2. The number of hydrogen-bond acceptors (Lipinski definition) is 2. The van der Waals surface area contributed by atoms with Crippen molar-refractivity contribution in [2.24, 2.45) is 57.7 Å². The van der Waals surface area contributed by atoms with Crippen LogP contribution >= 0.6 is 0 Å². The fraction of sp³-hybridized carbons (Fsp3) is 0.875. The van der Waals surface area contributed by atoms with E-state index in [1.165, 1.54) is 50.5 Å². The molecule has 4 heteroatoms. The van der Waals surface area contributed by atoms with Crippen LogP contribution < -0.4 is 0 Å². The van der Waals surface area contributed by atoms with Crippen molar-refractivity contribution in [2.75, 3.05) is 0 Å². The van der Waals surface area contributed by atoms with E-state index in [-0.39, 0.29) is 17.8 Å². The van der Waals surface area contributed by atoms with Crippen LogP contribution in [-0.2, 0) is 9.59 Å². The zero-order valence-corrected chi connectivity index (χ0v) is 23.8. The highest BCUT2D eigenvalue weighted by molar-refractivity contribution is 5.78. The molecule has 2 N–H and O–H groups in total. The number of rotatable bonds is 9. The molecule has 204 valence electrons. The van der Waals surface area contributed by atoms with Crippen molar-refractivity contribution >= 4 is 11.9 Å². The summed E-state index contributed by atoms with van der Waals surface area (Å²) in [4.78, 5) is 23.2. The molecule has 0 aromatic carbocycles. The summed E-state index contributed by atoms with van der Waals surface area (Å²) in [6.07, 6.45) is 15.4. The first-order valence-corrected chi connectivity index (χ1v) is 15.0. The summed E-state index contributed by atoms with van der Waals surface area (Å²) in [5, 5.41) is 19.0. The highest BCUT2D eigenvalue weighted by Gasteiger charge is 2.63. The predicted molar refractivity (Wildman–Crippen MR) is 145 cm³/mol. The monoisotopic (exact) mass is 500 g/mol. The van der Waals surface area contributed by atoms with E-state index < -0.39 is 17.9 Å². The van der Waals surface area contributed by atoms with Crippen LogP contribution in [0.3, 0.4) is 0 Å². The molecule has 0 aromatic heterocycles. The van der Waals surface area contributed by atoms with Gasteiger partial charge in [0.1, 0.15) is 0 Å². The highest BCUT2D eigenvalue weighted by Crippen LogP contribution is 2.71. The molecule has 9 atom stereocenters.